The van der Waals surface area contributed by atoms with E-state index < -0.39 is 34.1 Å². The van der Waals surface area contributed by atoms with E-state index in [9.17, 15) is 24.3 Å². The van der Waals surface area contributed by atoms with Gasteiger partial charge in [-0.2, -0.15) is 0 Å². The molecule has 0 aromatic heterocycles. The Hall–Kier alpha value is -2.52. The maximum absolute atomic E-state index is 12.0. The van der Waals surface area contributed by atoms with E-state index >= 15 is 0 Å². The molecule has 2 aliphatic rings. The average molecular weight is 557 g/mol. The third-order valence-corrected chi connectivity index (χ3v) is 7.46. The zero-order chi connectivity index (χ0) is 30.1. The molecule has 2 amide bonds. The standard InChI is InChI=1S/C15H27NO4.C14H25NO4/c1-14(2,3)20-13(18)16(4)11-10-15(12(17)19-5)8-6-7-9-15;1-13(2,3)19-12(18)15(4)10-9-14(11(16)17)7-5-6-8-14/h6-11H2,1-5H3;5-10H2,1-4H3,(H,16,17). The van der Waals surface area contributed by atoms with Crippen LogP contribution in [0, 0.1) is 10.8 Å². The predicted octanol–water partition coefficient (Wildman–Crippen LogP) is 5.87. The highest BCUT2D eigenvalue weighted by Gasteiger charge is 2.43. The molecule has 39 heavy (non-hydrogen) atoms. The van der Waals surface area contributed by atoms with Crippen LogP contribution < -0.4 is 0 Å². The van der Waals surface area contributed by atoms with Crippen molar-refractivity contribution < 1.29 is 38.5 Å². The molecular formula is C29H52N2O8. The first-order chi connectivity index (χ1) is 17.9. The number of hydrogen-bond donors (Lipinski definition) is 1. The number of hydrogen-bond acceptors (Lipinski definition) is 7. The molecule has 2 fully saturated rings. The first kappa shape index (κ1) is 34.5. The molecule has 0 heterocycles. The molecule has 226 valence electrons. The first-order valence-electron chi connectivity index (χ1n) is 14.1. The topological polar surface area (TPSA) is 123 Å². The predicted molar refractivity (Wildman–Crippen MR) is 148 cm³/mol. The Balaban J connectivity index is 0.000000391. The Bertz CT molecular complexity index is 831. The van der Waals surface area contributed by atoms with Gasteiger partial charge in [0.15, 0.2) is 0 Å². The fraction of sp³-hybridized carbons (Fsp3) is 0.862. The molecule has 2 aliphatic carbocycles. The van der Waals surface area contributed by atoms with Crippen LogP contribution in [0.1, 0.15) is 106 Å². The summed E-state index contributed by atoms with van der Waals surface area (Å²) in [5.74, 6) is -0.879. The number of rotatable bonds is 8. The maximum atomic E-state index is 12.0. The fourth-order valence-corrected chi connectivity index (χ4v) is 5.07. The van der Waals surface area contributed by atoms with Gasteiger partial charge in [-0.3, -0.25) is 9.59 Å². The third kappa shape index (κ3) is 11.2. The van der Waals surface area contributed by atoms with Crippen LogP contribution in [-0.2, 0) is 23.8 Å². The van der Waals surface area contributed by atoms with Gasteiger partial charge in [-0.1, -0.05) is 25.7 Å². The highest BCUT2D eigenvalue weighted by molar-refractivity contribution is 5.77. The summed E-state index contributed by atoms with van der Waals surface area (Å²) in [7, 11) is 4.78. The number of aliphatic carboxylic acids is 1. The van der Waals surface area contributed by atoms with Gasteiger partial charge < -0.3 is 29.1 Å². The largest absolute Gasteiger partial charge is 0.481 e. The molecule has 0 radical (unpaired) electrons. The van der Waals surface area contributed by atoms with E-state index in [-0.39, 0.29) is 12.1 Å². The normalized spacial score (nSPS) is 17.9. The Kier molecular flexibility index (Phi) is 12.6. The van der Waals surface area contributed by atoms with Crippen LogP contribution in [-0.4, -0.2) is 84.5 Å². The van der Waals surface area contributed by atoms with Gasteiger partial charge in [-0.25, -0.2) is 9.59 Å². The minimum absolute atomic E-state index is 0.146. The number of nitrogens with zero attached hydrogens (tertiary/aromatic N) is 2. The van der Waals surface area contributed by atoms with Gasteiger partial charge in [-0.05, 0) is 80.1 Å². The Labute approximate surface area is 234 Å². The number of carbonyl (C=O) groups is 4. The number of methoxy groups -OCH3 is 1. The van der Waals surface area contributed by atoms with Gasteiger partial charge in [0.1, 0.15) is 11.2 Å². The van der Waals surface area contributed by atoms with E-state index in [1.807, 2.05) is 41.5 Å². The lowest BCUT2D eigenvalue weighted by Crippen LogP contribution is -2.38. The zero-order valence-corrected chi connectivity index (χ0v) is 25.7. The molecule has 0 unspecified atom stereocenters. The highest BCUT2D eigenvalue weighted by atomic mass is 16.6. The molecule has 10 heteroatoms. The lowest BCUT2D eigenvalue weighted by Gasteiger charge is -2.29. The first-order valence-corrected chi connectivity index (χ1v) is 14.1. The molecule has 2 saturated carbocycles. The van der Waals surface area contributed by atoms with E-state index in [0.29, 0.717) is 38.8 Å². The van der Waals surface area contributed by atoms with E-state index in [0.717, 1.165) is 38.5 Å². The van der Waals surface area contributed by atoms with E-state index in [4.69, 9.17) is 14.2 Å². The van der Waals surface area contributed by atoms with Crippen LogP contribution in [0.3, 0.4) is 0 Å². The lowest BCUT2D eigenvalue weighted by atomic mass is 9.82. The monoisotopic (exact) mass is 556 g/mol. The van der Waals surface area contributed by atoms with E-state index in [1.54, 1.807) is 14.1 Å². The smallest absolute Gasteiger partial charge is 0.410 e. The van der Waals surface area contributed by atoms with Gasteiger partial charge in [0.25, 0.3) is 0 Å². The second-order valence-corrected chi connectivity index (χ2v) is 13.1. The number of esters is 1. The molecule has 0 saturated heterocycles. The minimum Gasteiger partial charge on any atom is -0.481 e. The second-order valence-electron chi connectivity index (χ2n) is 13.1. The summed E-state index contributed by atoms with van der Waals surface area (Å²) in [5.41, 5.74) is -2.08. The molecule has 10 nitrogen and oxygen atoms in total. The third-order valence-electron chi connectivity index (χ3n) is 7.46. The Morgan fingerprint density at radius 3 is 1.33 bits per heavy atom. The van der Waals surface area contributed by atoms with Crippen molar-refractivity contribution in [1.82, 2.24) is 9.80 Å². The molecule has 1 N–H and O–H groups in total. The van der Waals surface area contributed by atoms with Gasteiger partial charge in [0.05, 0.1) is 17.9 Å². The second kappa shape index (κ2) is 14.2. The minimum atomic E-state index is -0.734. The van der Waals surface area contributed by atoms with Crippen molar-refractivity contribution in [2.24, 2.45) is 10.8 Å². The number of carbonyl (C=O) groups excluding carboxylic acids is 3. The molecule has 0 aromatic carbocycles. The summed E-state index contributed by atoms with van der Waals surface area (Å²) in [5, 5.41) is 9.37. The van der Waals surface area contributed by atoms with Crippen molar-refractivity contribution in [1.29, 1.82) is 0 Å². The van der Waals surface area contributed by atoms with Gasteiger partial charge in [0.2, 0.25) is 0 Å². The summed E-state index contributed by atoms with van der Waals surface area (Å²) in [6.07, 6.45) is 7.52. The van der Waals surface area contributed by atoms with Crippen LogP contribution in [0.25, 0.3) is 0 Å². The summed E-state index contributed by atoms with van der Waals surface area (Å²) in [4.78, 5) is 50.1. The maximum Gasteiger partial charge on any atom is 0.410 e. The summed E-state index contributed by atoms with van der Waals surface area (Å²) in [6.45, 7) is 11.9. The summed E-state index contributed by atoms with van der Waals surface area (Å²) < 4.78 is 15.5. The molecule has 2 rings (SSSR count). The van der Waals surface area contributed by atoms with Crippen molar-refractivity contribution in [2.45, 2.75) is 117 Å². The van der Waals surface area contributed by atoms with E-state index in [2.05, 4.69) is 0 Å². The zero-order valence-electron chi connectivity index (χ0n) is 25.7. The number of carboxylic acids is 1. The molecular weight excluding hydrogens is 504 g/mol. The summed E-state index contributed by atoms with van der Waals surface area (Å²) in [6, 6.07) is 0. The van der Waals surface area contributed by atoms with E-state index in [1.165, 1.54) is 16.9 Å². The van der Waals surface area contributed by atoms with Crippen molar-refractivity contribution in [3.05, 3.63) is 0 Å². The number of amides is 2. The van der Waals surface area contributed by atoms with Crippen LogP contribution in [0.2, 0.25) is 0 Å². The van der Waals surface area contributed by atoms with Gasteiger partial charge in [0, 0.05) is 27.2 Å². The quantitative estimate of drug-likeness (QED) is 0.291. The highest BCUT2D eigenvalue weighted by Crippen LogP contribution is 2.42. The molecule has 0 aromatic rings. The fourth-order valence-electron chi connectivity index (χ4n) is 5.07. The average Bonchev–Trinajstić information content (AvgIpc) is 3.50. The SMILES string of the molecule is CN(CCC1(C(=O)O)CCCC1)C(=O)OC(C)(C)C.COC(=O)C1(CCN(C)C(=O)OC(C)(C)C)CCCC1. The molecule has 0 spiro atoms. The van der Waals surface area contributed by atoms with Crippen LogP contribution >= 0.6 is 0 Å². The summed E-state index contributed by atoms with van der Waals surface area (Å²) >= 11 is 0. The van der Waals surface area contributed by atoms with Gasteiger partial charge in [-0.15, -0.1) is 0 Å². The van der Waals surface area contributed by atoms with Gasteiger partial charge >= 0.3 is 24.1 Å². The Morgan fingerprint density at radius 2 is 1.03 bits per heavy atom. The molecule has 0 aliphatic heterocycles. The number of carboxylic acid groups (broad SMARTS) is 1. The van der Waals surface area contributed by atoms with Crippen LogP contribution in [0.15, 0.2) is 0 Å². The molecule has 0 bridgehead atoms. The van der Waals surface area contributed by atoms with Crippen molar-refractivity contribution in [2.75, 3.05) is 34.3 Å². The van der Waals surface area contributed by atoms with Crippen molar-refractivity contribution in [3.63, 3.8) is 0 Å². The van der Waals surface area contributed by atoms with Crippen molar-refractivity contribution >= 4 is 24.1 Å². The Morgan fingerprint density at radius 1 is 0.692 bits per heavy atom. The molecule has 0 atom stereocenters. The number of ether oxygens (including phenoxy) is 3. The van der Waals surface area contributed by atoms with Crippen LogP contribution in [0.4, 0.5) is 9.59 Å². The van der Waals surface area contributed by atoms with Crippen molar-refractivity contribution in [3.8, 4) is 0 Å². The lowest BCUT2D eigenvalue weighted by molar-refractivity contribution is -0.153. The van der Waals surface area contributed by atoms with Crippen LogP contribution in [0.5, 0.6) is 0 Å².